The van der Waals surface area contributed by atoms with Crippen LogP contribution in [0.1, 0.15) is 45.2 Å². The van der Waals surface area contributed by atoms with Crippen molar-refractivity contribution in [2.75, 3.05) is 6.61 Å². The molecular weight excluding hydrogens is 515 g/mol. The second-order valence-electron chi connectivity index (χ2n) is 7.62. The Kier molecular flexibility index (Phi) is 10.3. The van der Waals surface area contributed by atoms with Gasteiger partial charge in [-0.2, -0.15) is 0 Å². The van der Waals surface area contributed by atoms with Crippen LogP contribution in [-0.2, 0) is 22.6 Å². The standard InChI is InChI=1S/C24H29BrCl2N2O3/c1-5-15(3)28-24(31)16(4)29(13-18-20(26)8-7-9-21(18)27)23(30)14-32-22-11-10-17(6-2)12-19(22)25/h7-12,15-16H,5-6,13-14H2,1-4H3,(H,28,31)/t15-,16+/m1/s1. The fourth-order valence-corrected chi connectivity index (χ4v) is 4.06. The average molecular weight is 544 g/mol. The second kappa shape index (κ2) is 12.5. The minimum atomic E-state index is -0.738. The van der Waals surface area contributed by atoms with E-state index in [1.54, 1.807) is 25.1 Å². The highest BCUT2D eigenvalue weighted by atomic mass is 79.9. The SMILES string of the molecule is CCc1ccc(OCC(=O)N(Cc2c(Cl)cccc2Cl)[C@@H](C)C(=O)N[C@H](C)CC)c(Br)c1. The van der Waals surface area contributed by atoms with Gasteiger partial charge in [0.25, 0.3) is 5.91 Å². The first-order valence-corrected chi connectivity index (χ1v) is 12.2. The van der Waals surface area contributed by atoms with E-state index in [9.17, 15) is 9.59 Å². The van der Waals surface area contributed by atoms with Crippen LogP contribution in [0.4, 0.5) is 0 Å². The topological polar surface area (TPSA) is 58.6 Å². The van der Waals surface area contributed by atoms with Gasteiger partial charge in [-0.1, -0.05) is 49.2 Å². The Bertz CT molecular complexity index is 935. The van der Waals surface area contributed by atoms with Crippen LogP contribution in [0.15, 0.2) is 40.9 Å². The number of halogens is 3. The van der Waals surface area contributed by atoms with Crippen molar-refractivity contribution in [1.29, 1.82) is 0 Å². The number of rotatable bonds is 10. The summed E-state index contributed by atoms with van der Waals surface area (Å²) in [7, 11) is 0. The molecule has 1 N–H and O–H groups in total. The number of hydrogen-bond acceptors (Lipinski definition) is 3. The van der Waals surface area contributed by atoms with Gasteiger partial charge in [0.15, 0.2) is 6.61 Å². The van der Waals surface area contributed by atoms with Crippen LogP contribution in [-0.4, -0.2) is 35.4 Å². The molecule has 0 radical (unpaired) electrons. The highest BCUT2D eigenvalue weighted by Gasteiger charge is 2.28. The number of amides is 2. The number of carbonyl (C=O) groups excluding carboxylic acids is 2. The number of nitrogens with zero attached hydrogens (tertiary/aromatic N) is 1. The normalized spacial score (nSPS) is 12.7. The molecule has 0 fully saturated rings. The molecule has 2 atom stereocenters. The quantitative estimate of drug-likeness (QED) is 0.398. The first-order chi connectivity index (χ1) is 15.2. The summed E-state index contributed by atoms with van der Waals surface area (Å²) in [6.07, 6.45) is 1.68. The van der Waals surface area contributed by atoms with Crippen molar-refractivity contribution in [3.63, 3.8) is 0 Å². The Labute approximate surface area is 208 Å². The number of ether oxygens (including phenoxy) is 1. The van der Waals surface area contributed by atoms with E-state index >= 15 is 0 Å². The van der Waals surface area contributed by atoms with Gasteiger partial charge >= 0.3 is 0 Å². The maximum atomic E-state index is 13.2. The zero-order valence-corrected chi connectivity index (χ0v) is 21.9. The zero-order chi connectivity index (χ0) is 23.8. The van der Waals surface area contributed by atoms with Crippen LogP contribution in [0.3, 0.4) is 0 Å². The summed E-state index contributed by atoms with van der Waals surface area (Å²) in [5.41, 5.74) is 1.74. The Morgan fingerprint density at radius 1 is 1.12 bits per heavy atom. The van der Waals surface area contributed by atoms with E-state index in [4.69, 9.17) is 27.9 Å². The van der Waals surface area contributed by atoms with Crippen LogP contribution in [0.2, 0.25) is 10.0 Å². The molecule has 0 aliphatic carbocycles. The van der Waals surface area contributed by atoms with Crippen molar-refractivity contribution >= 4 is 50.9 Å². The van der Waals surface area contributed by atoms with E-state index in [2.05, 4.69) is 28.2 Å². The molecule has 0 saturated heterocycles. The number of hydrogen-bond donors (Lipinski definition) is 1. The molecule has 0 aliphatic heterocycles. The minimum absolute atomic E-state index is 0.00455. The van der Waals surface area contributed by atoms with Crippen molar-refractivity contribution in [3.05, 3.63) is 62.0 Å². The lowest BCUT2D eigenvalue weighted by molar-refractivity contribution is -0.142. The van der Waals surface area contributed by atoms with Gasteiger partial charge in [-0.25, -0.2) is 0 Å². The van der Waals surface area contributed by atoms with E-state index in [0.717, 1.165) is 22.9 Å². The molecule has 32 heavy (non-hydrogen) atoms. The molecular formula is C24H29BrCl2N2O3. The molecule has 2 aromatic rings. The molecule has 2 aromatic carbocycles. The minimum Gasteiger partial charge on any atom is -0.483 e. The summed E-state index contributed by atoms with van der Waals surface area (Å²) in [5.74, 6) is -0.0356. The van der Waals surface area contributed by atoms with Crippen molar-refractivity contribution in [1.82, 2.24) is 10.2 Å². The summed E-state index contributed by atoms with van der Waals surface area (Å²) in [6, 6.07) is 10.1. The summed E-state index contributed by atoms with van der Waals surface area (Å²) in [6.45, 7) is 7.51. The Morgan fingerprint density at radius 2 is 1.78 bits per heavy atom. The van der Waals surface area contributed by atoms with Gasteiger partial charge in [-0.15, -0.1) is 0 Å². The molecule has 0 bridgehead atoms. The Balaban J connectivity index is 2.24. The lowest BCUT2D eigenvalue weighted by Gasteiger charge is -2.30. The monoisotopic (exact) mass is 542 g/mol. The van der Waals surface area contributed by atoms with Gasteiger partial charge in [0, 0.05) is 28.2 Å². The second-order valence-corrected chi connectivity index (χ2v) is 9.29. The number of aryl methyl sites for hydroxylation is 1. The van der Waals surface area contributed by atoms with E-state index in [0.29, 0.717) is 21.4 Å². The van der Waals surface area contributed by atoms with E-state index in [1.165, 1.54) is 4.90 Å². The molecule has 2 amide bonds. The molecule has 0 saturated carbocycles. The molecule has 5 nitrogen and oxygen atoms in total. The van der Waals surface area contributed by atoms with Crippen LogP contribution in [0.25, 0.3) is 0 Å². The molecule has 8 heteroatoms. The summed E-state index contributed by atoms with van der Waals surface area (Å²) in [4.78, 5) is 27.4. The van der Waals surface area contributed by atoms with Gasteiger partial charge in [-0.05, 0) is 72.4 Å². The molecule has 0 heterocycles. The van der Waals surface area contributed by atoms with E-state index < -0.39 is 6.04 Å². The van der Waals surface area contributed by atoms with Crippen molar-refractivity contribution in [3.8, 4) is 5.75 Å². The lowest BCUT2D eigenvalue weighted by atomic mass is 10.1. The predicted octanol–water partition coefficient (Wildman–Crippen LogP) is 6.03. The number of nitrogens with one attached hydrogen (secondary N) is 1. The van der Waals surface area contributed by atoms with Crippen molar-refractivity contribution in [2.24, 2.45) is 0 Å². The average Bonchev–Trinajstić information content (AvgIpc) is 2.77. The highest BCUT2D eigenvalue weighted by Crippen LogP contribution is 2.28. The maximum absolute atomic E-state index is 13.2. The number of benzene rings is 2. The molecule has 0 aromatic heterocycles. The molecule has 0 spiro atoms. The van der Waals surface area contributed by atoms with Crippen LogP contribution < -0.4 is 10.1 Å². The summed E-state index contributed by atoms with van der Waals surface area (Å²) in [5, 5.41) is 3.80. The van der Waals surface area contributed by atoms with Gasteiger partial charge < -0.3 is 15.0 Å². The first-order valence-electron chi connectivity index (χ1n) is 10.6. The van der Waals surface area contributed by atoms with Crippen LogP contribution in [0, 0.1) is 0 Å². The first kappa shape index (κ1) is 26.5. The van der Waals surface area contributed by atoms with Gasteiger partial charge in [0.05, 0.1) is 4.47 Å². The summed E-state index contributed by atoms with van der Waals surface area (Å²) >= 11 is 16.1. The third-order valence-electron chi connectivity index (χ3n) is 5.31. The smallest absolute Gasteiger partial charge is 0.261 e. The van der Waals surface area contributed by atoms with Crippen LogP contribution in [0.5, 0.6) is 5.75 Å². The van der Waals surface area contributed by atoms with Crippen LogP contribution >= 0.6 is 39.1 Å². The van der Waals surface area contributed by atoms with Crippen molar-refractivity contribution in [2.45, 2.75) is 59.2 Å². The zero-order valence-electron chi connectivity index (χ0n) is 18.8. The number of carbonyl (C=O) groups is 2. The van der Waals surface area contributed by atoms with E-state index in [-0.39, 0.29) is 31.0 Å². The predicted molar refractivity (Wildman–Crippen MR) is 133 cm³/mol. The Hall–Kier alpha value is -1.76. The third kappa shape index (κ3) is 7.12. The largest absolute Gasteiger partial charge is 0.483 e. The molecule has 0 unspecified atom stereocenters. The fourth-order valence-electron chi connectivity index (χ4n) is 3.01. The fraction of sp³-hybridized carbons (Fsp3) is 0.417. The molecule has 174 valence electrons. The van der Waals surface area contributed by atoms with Gasteiger partial charge in [0.2, 0.25) is 5.91 Å². The molecule has 2 rings (SSSR count). The lowest BCUT2D eigenvalue weighted by Crippen LogP contribution is -2.50. The van der Waals surface area contributed by atoms with E-state index in [1.807, 2.05) is 32.0 Å². The summed E-state index contributed by atoms with van der Waals surface area (Å²) < 4.78 is 6.54. The van der Waals surface area contributed by atoms with Crippen molar-refractivity contribution < 1.29 is 14.3 Å². The molecule has 0 aliphatic rings. The third-order valence-corrected chi connectivity index (χ3v) is 6.64. The van der Waals surface area contributed by atoms with Gasteiger partial charge in [0.1, 0.15) is 11.8 Å². The highest BCUT2D eigenvalue weighted by molar-refractivity contribution is 9.10. The Morgan fingerprint density at radius 3 is 2.34 bits per heavy atom. The maximum Gasteiger partial charge on any atom is 0.261 e. The van der Waals surface area contributed by atoms with Gasteiger partial charge in [-0.3, -0.25) is 9.59 Å².